The maximum absolute atomic E-state index is 13.9. The molecule has 1 N–H and O–H groups in total. The molecule has 1 atom stereocenters. The molecule has 1 aliphatic heterocycles. The Labute approximate surface area is 175 Å². The summed E-state index contributed by atoms with van der Waals surface area (Å²) in [7, 11) is 0. The molecule has 4 rings (SSSR count). The third kappa shape index (κ3) is 3.21. The monoisotopic (exact) mass is 425 g/mol. The van der Waals surface area contributed by atoms with Crippen LogP contribution < -0.4 is 4.90 Å². The molecular formula is C23H17F2NO3S. The van der Waals surface area contributed by atoms with Gasteiger partial charge in [-0.15, -0.1) is 11.3 Å². The fraction of sp³-hybridized carbons (Fsp3) is 0.130. The minimum atomic E-state index is -1.13. The Morgan fingerprint density at radius 2 is 1.70 bits per heavy atom. The van der Waals surface area contributed by atoms with Gasteiger partial charge in [-0.2, -0.15) is 0 Å². The van der Waals surface area contributed by atoms with Crippen molar-refractivity contribution >= 4 is 34.5 Å². The van der Waals surface area contributed by atoms with E-state index in [2.05, 4.69) is 0 Å². The lowest BCUT2D eigenvalue weighted by atomic mass is 9.98. The van der Waals surface area contributed by atoms with Crippen LogP contribution >= 0.6 is 11.3 Å². The van der Waals surface area contributed by atoms with Crippen LogP contribution in [0.3, 0.4) is 0 Å². The highest BCUT2D eigenvalue weighted by Gasteiger charge is 2.48. The first-order chi connectivity index (χ1) is 14.3. The number of Topliss-reactive ketones (excluding diaryl/α,β-unsaturated/α-hetero) is 1. The highest BCUT2D eigenvalue weighted by molar-refractivity contribution is 7.10. The van der Waals surface area contributed by atoms with Crippen LogP contribution in [0, 0.1) is 25.5 Å². The lowest BCUT2D eigenvalue weighted by molar-refractivity contribution is -0.132. The quantitative estimate of drug-likeness (QED) is 0.353. The van der Waals surface area contributed by atoms with E-state index in [1.165, 1.54) is 17.4 Å². The van der Waals surface area contributed by atoms with E-state index in [0.29, 0.717) is 10.4 Å². The first-order valence-corrected chi connectivity index (χ1v) is 10.0. The predicted molar refractivity (Wildman–Crippen MR) is 111 cm³/mol. The smallest absolute Gasteiger partial charge is 0.300 e. The minimum Gasteiger partial charge on any atom is -0.507 e. The zero-order chi connectivity index (χ0) is 21.6. The molecule has 30 heavy (non-hydrogen) atoms. The molecule has 2 heterocycles. The van der Waals surface area contributed by atoms with Crippen molar-refractivity contribution in [1.82, 2.24) is 0 Å². The summed E-state index contributed by atoms with van der Waals surface area (Å²) in [6.07, 6.45) is 0. The van der Waals surface area contributed by atoms with Gasteiger partial charge in [0, 0.05) is 22.2 Å². The molecule has 3 aromatic rings. The number of anilines is 1. The van der Waals surface area contributed by atoms with Crippen molar-refractivity contribution in [2.24, 2.45) is 0 Å². The maximum atomic E-state index is 13.9. The summed E-state index contributed by atoms with van der Waals surface area (Å²) in [6, 6.07) is 10.8. The molecule has 0 spiro atoms. The van der Waals surface area contributed by atoms with E-state index in [4.69, 9.17) is 0 Å². The largest absolute Gasteiger partial charge is 0.507 e. The second-order valence-corrected chi connectivity index (χ2v) is 8.05. The van der Waals surface area contributed by atoms with E-state index >= 15 is 0 Å². The van der Waals surface area contributed by atoms with Crippen molar-refractivity contribution < 1.29 is 23.5 Å². The molecule has 1 fully saturated rings. The number of amides is 1. The van der Waals surface area contributed by atoms with Crippen LogP contribution in [0.25, 0.3) is 5.76 Å². The fourth-order valence-corrected chi connectivity index (χ4v) is 4.54. The second-order valence-electron chi connectivity index (χ2n) is 7.10. The van der Waals surface area contributed by atoms with E-state index < -0.39 is 29.4 Å². The van der Waals surface area contributed by atoms with Crippen molar-refractivity contribution in [2.45, 2.75) is 19.9 Å². The van der Waals surface area contributed by atoms with Crippen molar-refractivity contribution in [1.29, 1.82) is 0 Å². The molecule has 7 heteroatoms. The highest BCUT2D eigenvalue weighted by atomic mass is 32.1. The topological polar surface area (TPSA) is 57.6 Å². The first kappa shape index (κ1) is 20.0. The molecule has 2 aromatic carbocycles. The third-order valence-corrected chi connectivity index (χ3v) is 6.17. The van der Waals surface area contributed by atoms with Crippen LogP contribution in [0.5, 0.6) is 0 Å². The van der Waals surface area contributed by atoms with Gasteiger partial charge >= 0.3 is 0 Å². The molecule has 152 valence electrons. The number of carbonyl (C=O) groups is 2. The molecule has 0 bridgehead atoms. The zero-order valence-corrected chi connectivity index (χ0v) is 17.0. The van der Waals surface area contributed by atoms with Gasteiger partial charge in [0.15, 0.2) is 11.6 Å². The summed E-state index contributed by atoms with van der Waals surface area (Å²) in [4.78, 5) is 27.7. The van der Waals surface area contributed by atoms with Crippen molar-refractivity contribution in [2.75, 3.05) is 4.90 Å². The number of ketones is 1. The Kier molecular flexibility index (Phi) is 4.99. The minimum absolute atomic E-state index is 0.0387. The van der Waals surface area contributed by atoms with Crippen molar-refractivity contribution in [3.8, 4) is 0 Å². The van der Waals surface area contributed by atoms with Crippen LogP contribution in [-0.2, 0) is 9.59 Å². The van der Waals surface area contributed by atoms with Gasteiger partial charge in [-0.05, 0) is 43.0 Å². The van der Waals surface area contributed by atoms with Gasteiger partial charge in [0.25, 0.3) is 11.7 Å². The second kappa shape index (κ2) is 7.50. The number of hydrogen-bond donors (Lipinski definition) is 1. The summed E-state index contributed by atoms with van der Waals surface area (Å²) in [5.74, 6) is -4.28. The van der Waals surface area contributed by atoms with E-state index in [1.54, 1.807) is 24.3 Å². The summed E-state index contributed by atoms with van der Waals surface area (Å²) in [6.45, 7) is 3.71. The Morgan fingerprint density at radius 3 is 2.30 bits per heavy atom. The number of aryl methyl sites for hydroxylation is 2. The van der Waals surface area contributed by atoms with Gasteiger partial charge in [0.05, 0.1) is 5.57 Å². The number of nitrogens with zero attached hydrogens (tertiary/aromatic N) is 1. The summed E-state index contributed by atoms with van der Waals surface area (Å²) in [5, 5.41) is 12.8. The predicted octanol–water partition coefficient (Wildman–Crippen LogP) is 5.27. The van der Waals surface area contributed by atoms with E-state index in [9.17, 15) is 23.5 Å². The SMILES string of the molecule is Cc1ccc(/C(O)=C2/C(=O)C(=O)N(c3ccc(F)c(F)c3)C2c2sccc2C)cc1. The summed E-state index contributed by atoms with van der Waals surface area (Å²) >= 11 is 1.32. The lowest BCUT2D eigenvalue weighted by Crippen LogP contribution is -2.29. The number of carbonyl (C=O) groups excluding carboxylic acids is 2. The molecule has 1 aliphatic rings. The average Bonchev–Trinajstić information content (AvgIpc) is 3.25. The standard InChI is InChI=1S/C23H17F2NO3S/c1-12-3-5-14(6-4-12)20(27)18-19(22-13(2)9-10-30-22)26(23(29)21(18)28)15-7-8-16(24)17(25)11-15/h3-11,19,27H,1-2H3/b20-18-. The third-order valence-electron chi connectivity index (χ3n) is 5.10. The van der Waals surface area contributed by atoms with Crippen molar-refractivity contribution in [3.63, 3.8) is 0 Å². The molecule has 1 saturated heterocycles. The number of halogens is 2. The van der Waals surface area contributed by atoms with Crippen LogP contribution in [0.1, 0.15) is 27.6 Å². The Bertz CT molecular complexity index is 1200. The molecular weight excluding hydrogens is 408 g/mol. The van der Waals surface area contributed by atoms with E-state index in [-0.39, 0.29) is 17.0 Å². The van der Waals surface area contributed by atoms with Crippen LogP contribution in [-0.4, -0.2) is 16.8 Å². The first-order valence-electron chi connectivity index (χ1n) is 9.16. The normalized spacial score (nSPS) is 18.3. The van der Waals surface area contributed by atoms with Gasteiger partial charge in [-0.3, -0.25) is 14.5 Å². The number of thiophene rings is 1. The van der Waals surface area contributed by atoms with Crippen LogP contribution in [0.4, 0.5) is 14.5 Å². The van der Waals surface area contributed by atoms with E-state index in [1.807, 2.05) is 25.3 Å². The lowest BCUT2D eigenvalue weighted by Gasteiger charge is -2.25. The number of rotatable bonds is 3. The number of aliphatic hydroxyl groups excluding tert-OH is 1. The molecule has 0 radical (unpaired) electrons. The van der Waals surface area contributed by atoms with Gasteiger partial charge in [0.2, 0.25) is 0 Å². The molecule has 1 unspecified atom stereocenters. The van der Waals surface area contributed by atoms with Gasteiger partial charge < -0.3 is 5.11 Å². The summed E-state index contributed by atoms with van der Waals surface area (Å²) < 4.78 is 27.4. The Hall–Kier alpha value is -3.32. The Balaban J connectivity index is 1.95. The zero-order valence-electron chi connectivity index (χ0n) is 16.1. The Morgan fingerprint density at radius 1 is 1.00 bits per heavy atom. The maximum Gasteiger partial charge on any atom is 0.300 e. The average molecular weight is 425 g/mol. The highest BCUT2D eigenvalue weighted by Crippen LogP contribution is 2.44. The van der Waals surface area contributed by atoms with Gasteiger partial charge in [-0.25, -0.2) is 8.78 Å². The van der Waals surface area contributed by atoms with E-state index in [0.717, 1.165) is 28.2 Å². The molecule has 4 nitrogen and oxygen atoms in total. The van der Waals surface area contributed by atoms with Crippen molar-refractivity contribution in [3.05, 3.63) is 92.7 Å². The summed E-state index contributed by atoms with van der Waals surface area (Å²) in [5.41, 5.74) is 2.13. The number of aliphatic hydroxyl groups is 1. The number of hydrogen-bond acceptors (Lipinski definition) is 4. The fourth-order valence-electron chi connectivity index (χ4n) is 3.51. The van der Waals surface area contributed by atoms with Crippen LogP contribution in [0.15, 0.2) is 59.5 Å². The molecule has 0 saturated carbocycles. The molecule has 1 amide bonds. The molecule has 0 aliphatic carbocycles. The van der Waals surface area contributed by atoms with Gasteiger partial charge in [0.1, 0.15) is 11.8 Å². The number of benzene rings is 2. The van der Waals surface area contributed by atoms with Crippen LogP contribution in [0.2, 0.25) is 0 Å². The van der Waals surface area contributed by atoms with Gasteiger partial charge in [-0.1, -0.05) is 29.8 Å². The molecule has 1 aromatic heterocycles.